The maximum absolute atomic E-state index is 5.75. The van der Waals surface area contributed by atoms with E-state index in [0.29, 0.717) is 12.0 Å². The summed E-state index contributed by atoms with van der Waals surface area (Å²) in [5.74, 6) is 0.666. The number of nitrogens with one attached hydrogen (secondary N) is 1. The smallest absolute Gasteiger partial charge is 0.0523 e. The minimum Gasteiger partial charge on any atom is -0.404 e. The SMILES string of the molecule is NC=C(C=NC1CCNCC1)C1CCCCC1. The lowest BCUT2D eigenvalue weighted by molar-refractivity contribution is 0.411. The molecule has 1 saturated heterocycles. The first-order valence-corrected chi connectivity index (χ1v) is 7.06. The van der Waals surface area contributed by atoms with Crippen LogP contribution in [0.1, 0.15) is 44.9 Å². The molecule has 0 atom stereocenters. The zero-order valence-corrected chi connectivity index (χ0v) is 10.7. The molecule has 0 aromatic carbocycles. The molecule has 1 saturated carbocycles. The number of nitrogens with zero attached hydrogens (tertiary/aromatic N) is 1. The third kappa shape index (κ3) is 3.84. The monoisotopic (exact) mass is 235 g/mol. The van der Waals surface area contributed by atoms with Gasteiger partial charge in [0.2, 0.25) is 0 Å². The van der Waals surface area contributed by atoms with E-state index in [-0.39, 0.29) is 0 Å². The van der Waals surface area contributed by atoms with Gasteiger partial charge in [0.05, 0.1) is 6.04 Å². The van der Waals surface area contributed by atoms with Crippen LogP contribution in [0.2, 0.25) is 0 Å². The van der Waals surface area contributed by atoms with Crippen molar-refractivity contribution >= 4 is 6.21 Å². The predicted octanol–water partition coefficient (Wildman–Crippen LogP) is 2.23. The molecule has 17 heavy (non-hydrogen) atoms. The molecule has 3 heteroatoms. The van der Waals surface area contributed by atoms with Crippen molar-refractivity contribution < 1.29 is 0 Å². The fraction of sp³-hybridized carbons (Fsp3) is 0.786. The van der Waals surface area contributed by atoms with E-state index in [4.69, 9.17) is 10.7 Å². The van der Waals surface area contributed by atoms with Gasteiger partial charge in [0.25, 0.3) is 0 Å². The molecule has 1 heterocycles. The highest BCUT2D eigenvalue weighted by molar-refractivity contribution is 5.79. The number of aliphatic imine (C=N–C) groups is 1. The van der Waals surface area contributed by atoms with Gasteiger partial charge in [0.1, 0.15) is 0 Å². The summed E-state index contributed by atoms with van der Waals surface area (Å²) >= 11 is 0. The molecule has 2 aliphatic rings. The zero-order chi connectivity index (χ0) is 11.9. The summed E-state index contributed by atoms with van der Waals surface area (Å²) in [5, 5.41) is 3.37. The topological polar surface area (TPSA) is 50.4 Å². The molecule has 3 N–H and O–H groups in total. The Hall–Kier alpha value is -0.830. The van der Waals surface area contributed by atoms with Gasteiger partial charge >= 0.3 is 0 Å². The molecule has 0 bridgehead atoms. The lowest BCUT2D eigenvalue weighted by atomic mass is 9.84. The average molecular weight is 235 g/mol. The van der Waals surface area contributed by atoms with Crippen LogP contribution in [0.3, 0.4) is 0 Å². The summed E-state index contributed by atoms with van der Waals surface area (Å²) < 4.78 is 0. The third-order valence-corrected chi connectivity index (χ3v) is 4.01. The van der Waals surface area contributed by atoms with Crippen molar-refractivity contribution in [3.05, 3.63) is 11.8 Å². The summed E-state index contributed by atoms with van der Waals surface area (Å²) in [6.07, 6.45) is 12.8. The van der Waals surface area contributed by atoms with Crippen LogP contribution in [0.4, 0.5) is 0 Å². The molecule has 0 unspecified atom stereocenters. The first-order chi connectivity index (χ1) is 8.40. The van der Waals surface area contributed by atoms with Crippen LogP contribution in [0.25, 0.3) is 0 Å². The van der Waals surface area contributed by atoms with Gasteiger partial charge < -0.3 is 11.1 Å². The molecule has 1 aliphatic carbocycles. The molecule has 3 nitrogen and oxygen atoms in total. The summed E-state index contributed by atoms with van der Waals surface area (Å²) in [6.45, 7) is 2.21. The Kier molecular flexibility index (Phi) is 5.05. The van der Waals surface area contributed by atoms with E-state index in [1.54, 1.807) is 6.20 Å². The van der Waals surface area contributed by atoms with Crippen LogP contribution in [0, 0.1) is 5.92 Å². The molecule has 2 fully saturated rings. The van der Waals surface area contributed by atoms with Crippen molar-refractivity contribution in [3.8, 4) is 0 Å². The summed E-state index contributed by atoms with van der Waals surface area (Å²) in [4.78, 5) is 4.72. The highest BCUT2D eigenvalue weighted by Gasteiger charge is 2.17. The van der Waals surface area contributed by atoms with Gasteiger partial charge in [-0.1, -0.05) is 19.3 Å². The fourth-order valence-electron chi connectivity index (χ4n) is 2.87. The van der Waals surface area contributed by atoms with Gasteiger partial charge in [-0.15, -0.1) is 0 Å². The Bertz CT molecular complexity index is 271. The van der Waals surface area contributed by atoms with E-state index >= 15 is 0 Å². The first-order valence-electron chi connectivity index (χ1n) is 7.06. The minimum absolute atomic E-state index is 0.509. The normalized spacial score (nSPS) is 25.5. The summed E-state index contributed by atoms with van der Waals surface area (Å²) in [6, 6.07) is 0.509. The maximum Gasteiger partial charge on any atom is 0.0523 e. The second-order valence-electron chi connectivity index (χ2n) is 5.26. The van der Waals surface area contributed by atoms with Gasteiger partial charge in [0, 0.05) is 6.21 Å². The second-order valence-corrected chi connectivity index (χ2v) is 5.26. The van der Waals surface area contributed by atoms with Crippen molar-refractivity contribution in [1.82, 2.24) is 5.32 Å². The van der Waals surface area contributed by atoms with E-state index in [2.05, 4.69) is 11.5 Å². The number of allylic oxidation sites excluding steroid dienone is 1. The molecule has 0 amide bonds. The van der Waals surface area contributed by atoms with E-state index in [1.807, 2.05) is 0 Å². The second kappa shape index (κ2) is 6.80. The molecule has 2 rings (SSSR count). The molecular weight excluding hydrogens is 210 g/mol. The van der Waals surface area contributed by atoms with Crippen LogP contribution in [-0.2, 0) is 0 Å². The lowest BCUT2D eigenvalue weighted by Crippen LogP contribution is -2.30. The lowest BCUT2D eigenvalue weighted by Gasteiger charge is -2.23. The zero-order valence-electron chi connectivity index (χ0n) is 10.7. The van der Waals surface area contributed by atoms with Gasteiger partial charge in [-0.25, -0.2) is 0 Å². The summed E-state index contributed by atoms with van der Waals surface area (Å²) in [7, 11) is 0. The fourth-order valence-corrected chi connectivity index (χ4v) is 2.87. The molecule has 1 aliphatic heterocycles. The van der Waals surface area contributed by atoms with Crippen LogP contribution in [0.5, 0.6) is 0 Å². The molecule has 0 spiro atoms. The molecular formula is C14H25N3. The van der Waals surface area contributed by atoms with Gasteiger partial charge in [-0.05, 0) is 56.5 Å². The van der Waals surface area contributed by atoms with Crippen molar-refractivity contribution in [1.29, 1.82) is 0 Å². The van der Waals surface area contributed by atoms with E-state index in [0.717, 1.165) is 13.1 Å². The van der Waals surface area contributed by atoms with E-state index in [9.17, 15) is 0 Å². The van der Waals surface area contributed by atoms with Crippen LogP contribution in [0.15, 0.2) is 16.8 Å². The standard InChI is InChI=1S/C14H25N3/c15-10-13(12-4-2-1-3-5-12)11-17-14-6-8-16-9-7-14/h10-12,14,16H,1-9,15H2. The highest BCUT2D eigenvalue weighted by Crippen LogP contribution is 2.28. The van der Waals surface area contributed by atoms with Gasteiger partial charge in [-0.3, -0.25) is 4.99 Å². The van der Waals surface area contributed by atoms with Crippen molar-refractivity contribution in [2.75, 3.05) is 13.1 Å². The van der Waals surface area contributed by atoms with Crippen molar-refractivity contribution in [2.45, 2.75) is 51.0 Å². The maximum atomic E-state index is 5.75. The third-order valence-electron chi connectivity index (χ3n) is 4.01. The van der Waals surface area contributed by atoms with Gasteiger partial charge in [-0.2, -0.15) is 0 Å². The van der Waals surface area contributed by atoms with Crippen LogP contribution in [-0.4, -0.2) is 25.3 Å². The Morgan fingerprint density at radius 3 is 2.41 bits per heavy atom. The van der Waals surface area contributed by atoms with Crippen molar-refractivity contribution in [2.24, 2.45) is 16.6 Å². The van der Waals surface area contributed by atoms with Crippen LogP contribution < -0.4 is 11.1 Å². The number of hydrogen-bond donors (Lipinski definition) is 2. The molecule has 0 radical (unpaired) electrons. The van der Waals surface area contributed by atoms with Gasteiger partial charge in [0.15, 0.2) is 0 Å². The largest absolute Gasteiger partial charge is 0.404 e. The Labute approximate surface area is 105 Å². The highest BCUT2D eigenvalue weighted by atomic mass is 14.9. The van der Waals surface area contributed by atoms with E-state index in [1.165, 1.54) is 50.5 Å². The Balaban J connectivity index is 1.87. The number of rotatable bonds is 3. The van der Waals surface area contributed by atoms with Crippen molar-refractivity contribution in [3.63, 3.8) is 0 Å². The molecule has 96 valence electrons. The minimum atomic E-state index is 0.509. The molecule has 0 aromatic heterocycles. The quantitative estimate of drug-likeness (QED) is 0.737. The number of piperidine rings is 1. The summed E-state index contributed by atoms with van der Waals surface area (Å²) in [5.41, 5.74) is 7.02. The predicted molar refractivity (Wildman–Crippen MR) is 73.2 cm³/mol. The van der Waals surface area contributed by atoms with Crippen LogP contribution >= 0.6 is 0 Å². The number of hydrogen-bond acceptors (Lipinski definition) is 3. The Morgan fingerprint density at radius 2 is 1.76 bits per heavy atom. The first kappa shape index (κ1) is 12.6. The average Bonchev–Trinajstić information content (AvgIpc) is 2.42. The van der Waals surface area contributed by atoms with E-state index < -0.39 is 0 Å². The molecule has 0 aromatic rings. The number of nitrogens with two attached hydrogens (primary N) is 1. The Morgan fingerprint density at radius 1 is 1.06 bits per heavy atom.